The average Bonchev–Trinajstić information content (AvgIpc) is 3.07. The van der Waals surface area contributed by atoms with Crippen molar-refractivity contribution in [1.29, 1.82) is 0 Å². The van der Waals surface area contributed by atoms with Gasteiger partial charge in [-0.2, -0.15) is 0 Å². The lowest BCUT2D eigenvalue weighted by Crippen LogP contribution is -2.36. The van der Waals surface area contributed by atoms with Crippen LogP contribution in [0.3, 0.4) is 0 Å². The van der Waals surface area contributed by atoms with Gasteiger partial charge in [-0.05, 0) is 94.4 Å². The first-order valence-electron chi connectivity index (χ1n) is 12.1. The Morgan fingerprint density at radius 2 is 1.83 bits per heavy atom. The van der Waals surface area contributed by atoms with Gasteiger partial charge in [-0.3, -0.25) is 19.4 Å². The average molecular weight is 523 g/mol. The number of likely N-dealkylation sites (tertiary alicyclic amines) is 1. The molecule has 1 unspecified atom stereocenters. The molecule has 1 aromatic carbocycles. The minimum absolute atomic E-state index is 0.0845. The number of ether oxygens (including phenoxy) is 1. The van der Waals surface area contributed by atoms with Gasteiger partial charge in [0.1, 0.15) is 10.8 Å². The van der Waals surface area contributed by atoms with Crippen LogP contribution in [-0.4, -0.2) is 38.7 Å². The lowest BCUT2D eigenvalue weighted by molar-refractivity contribution is -0.274. The third-order valence-electron chi connectivity index (χ3n) is 6.93. The molecule has 1 atom stereocenters. The van der Waals surface area contributed by atoms with E-state index in [2.05, 4.69) is 20.7 Å². The number of rotatable bonds is 8. The van der Waals surface area contributed by atoms with Crippen LogP contribution in [0.2, 0.25) is 5.02 Å². The quantitative estimate of drug-likeness (QED) is 0.368. The number of benzene rings is 1. The van der Waals surface area contributed by atoms with Crippen molar-refractivity contribution < 1.29 is 17.9 Å². The highest BCUT2D eigenvalue weighted by atomic mass is 35.5. The zero-order valence-electron chi connectivity index (χ0n) is 20.3. The molecule has 0 aliphatic carbocycles. The van der Waals surface area contributed by atoms with E-state index in [-0.39, 0.29) is 16.8 Å². The Hall–Kier alpha value is -2.78. The van der Waals surface area contributed by atoms with Crippen LogP contribution in [0.5, 0.6) is 5.75 Å². The van der Waals surface area contributed by atoms with Crippen molar-refractivity contribution in [3.63, 3.8) is 0 Å². The van der Waals surface area contributed by atoms with Gasteiger partial charge in [0, 0.05) is 18.9 Å². The summed E-state index contributed by atoms with van der Waals surface area (Å²) < 4.78 is 44.4. The summed E-state index contributed by atoms with van der Waals surface area (Å²) in [5, 5.41) is 0.123. The molecule has 2 aromatic heterocycles. The molecular weight excluding hydrogens is 493 g/mol. The standard InChI is InChI=1S/C26H30ClF3N4O2/c1-18(33-16-13-19(14-17-33)6-5-8-20-7-3-4-15-31-20)24-23(27)25(35)34(32(24)2)21-9-11-22(12-10-21)36-26(28,29)30/h3-4,7,9-12,15,18-19H,5-6,8,13-14,16-17H2,1-2H3. The van der Waals surface area contributed by atoms with E-state index in [1.54, 1.807) is 11.7 Å². The van der Waals surface area contributed by atoms with Crippen molar-refractivity contribution in [2.24, 2.45) is 13.0 Å². The van der Waals surface area contributed by atoms with Crippen molar-refractivity contribution in [2.75, 3.05) is 13.1 Å². The molecule has 10 heteroatoms. The molecule has 1 aliphatic rings. The monoisotopic (exact) mass is 522 g/mol. The Bertz CT molecular complexity index is 1200. The SMILES string of the molecule is CC(c1c(Cl)c(=O)n(-c2ccc(OC(F)(F)F)cc2)n1C)N1CCC(CCCc2ccccn2)CC1. The highest BCUT2D eigenvalue weighted by molar-refractivity contribution is 6.31. The summed E-state index contributed by atoms with van der Waals surface area (Å²) in [7, 11) is 1.74. The van der Waals surface area contributed by atoms with Crippen LogP contribution in [0.1, 0.15) is 50.0 Å². The minimum Gasteiger partial charge on any atom is -0.406 e. The first-order valence-corrected chi connectivity index (χ1v) is 12.5. The summed E-state index contributed by atoms with van der Waals surface area (Å²) in [5.74, 6) is 0.314. The summed E-state index contributed by atoms with van der Waals surface area (Å²) >= 11 is 6.50. The van der Waals surface area contributed by atoms with Crippen LogP contribution >= 0.6 is 11.6 Å². The van der Waals surface area contributed by atoms with Gasteiger partial charge in [0.2, 0.25) is 0 Å². The Labute approximate surface area is 213 Å². The summed E-state index contributed by atoms with van der Waals surface area (Å²) in [6, 6.07) is 11.1. The number of nitrogens with zero attached hydrogens (tertiary/aromatic N) is 4. The molecule has 3 heterocycles. The maximum Gasteiger partial charge on any atom is 0.573 e. The van der Waals surface area contributed by atoms with Crippen LogP contribution in [0.4, 0.5) is 13.2 Å². The maximum absolute atomic E-state index is 13.0. The fourth-order valence-electron chi connectivity index (χ4n) is 5.04. The summed E-state index contributed by atoms with van der Waals surface area (Å²) in [4.78, 5) is 19.7. The fraction of sp³-hybridized carbons (Fsp3) is 0.462. The predicted molar refractivity (Wildman–Crippen MR) is 133 cm³/mol. The van der Waals surface area contributed by atoms with E-state index < -0.39 is 11.9 Å². The summed E-state index contributed by atoms with van der Waals surface area (Å²) in [6.07, 6.45) is 2.50. The normalized spacial score (nSPS) is 16.3. The molecule has 6 nitrogen and oxygen atoms in total. The second-order valence-electron chi connectivity index (χ2n) is 9.25. The molecular formula is C26H30ClF3N4O2. The first kappa shape index (κ1) is 26.3. The molecule has 1 aliphatic heterocycles. The first-order chi connectivity index (χ1) is 17.1. The molecule has 0 spiro atoms. The van der Waals surface area contributed by atoms with E-state index in [1.807, 2.05) is 25.3 Å². The fourth-order valence-corrected chi connectivity index (χ4v) is 5.40. The number of piperidine rings is 1. The maximum atomic E-state index is 13.0. The smallest absolute Gasteiger partial charge is 0.406 e. The summed E-state index contributed by atoms with van der Waals surface area (Å²) in [6.45, 7) is 3.86. The van der Waals surface area contributed by atoms with Crippen LogP contribution in [0.15, 0.2) is 53.5 Å². The van der Waals surface area contributed by atoms with Gasteiger partial charge in [-0.1, -0.05) is 17.7 Å². The second-order valence-corrected chi connectivity index (χ2v) is 9.63. The van der Waals surface area contributed by atoms with Crippen molar-refractivity contribution >= 4 is 11.6 Å². The van der Waals surface area contributed by atoms with Crippen LogP contribution in [-0.2, 0) is 13.5 Å². The summed E-state index contributed by atoms with van der Waals surface area (Å²) in [5.41, 5.74) is 1.82. The van der Waals surface area contributed by atoms with Crippen LogP contribution < -0.4 is 10.3 Å². The minimum atomic E-state index is -4.78. The van der Waals surface area contributed by atoms with E-state index in [0.29, 0.717) is 17.3 Å². The zero-order valence-corrected chi connectivity index (χ0v) is 21.1. The number of aromatic nitrogens is 3. The Morgan fingerprint density at radius 3 is 2.44 bits per heavy atom. The molecule has 0 bridgehead atoms. The van der Waals surface area contributed by atoms with Gasteiger partial charge in [-0.25, -0.2) is 4.68 Å². The zero-order chi connectivity index (χ0) is 25.9. The molecule has 3 aromatic rings. The molecule has 194 valence electrons. The molecule has 1 saturated heterocycles. The number of hydrogen-bond acceptors (Lipinski definition) is 4. The molecule has 1 fully saturated rings. The lowest BCUT2D eigenvalue weighted by Gasteiger charge is -2.36. The Balaban J connectivity index is 1.40. The van der Waals surface area contributed by atoms with Gasteiger partial charge in [-0.15, -0.1) is 13.2 Å². The number of pyridine rings is 1. The number of alkyl halides is 3. The largest absolute Gasteiger partial charge is 0.573 e. The van der Waals surface area contributed by atoms with Gasteiger partial charge >= 0.3 is 6.36 Å². The van der Waals surface area contributed by atoms with Crippen molar-refractivity contribution in [3.05, 3.63) is 75.4 Å². The highest BCUT2D eigenvalue weighted by Crippen LogP contribution is 2.32. The number of hydrogen-bond donors (Lipinski definition) is 0. The van der Waals surface area contributed by atoms with E-state index in [0.717, 1.165) is 44.5 Å². The lowest BCUT2D eigenvalue weighted by atomic mass is 9.90. The number of halogens is 4. The second kappa shape index (κ2) is 11.1. The van der Waals surface area contributed by atoms with Crippen molar-refractivity contribution in [3.8, 4) is 11.4 Å². The molecule has 0 radical (unpaired) electrons. The third kappa shape index (κ3) is 6.13. The topological polar surface area (TPSA) is 52.3 Å². The van der Waals surface area contributed by atoms with E-state index >= 15 is 0 Å². The van der Waals surface area contributed by atoms with Gasteiger partial charge in [0.05, 0.1) is 17.4 Å². The van der Waals surface area contributed by atoms with E-state index in [9.17, 15) is 18.0 Å². The molecule has 36 heavy (non-hydrogen) atoms. The molecule has 0 amide bonds. The van der Waals surface area contributed by atoms with Crippen molar-refractivity contribution in [2.45, 2.75) is 51.4 Å². The van der Waals surface area contributed by atoms with Crippen molar-refractivity contribution in [1.82, 2.24) is 19.2 Å². The predicted octanol–water partition coefficient (Wildman–Crippen LogP) is 5.92. The van der Waals surface area contributed by atoms with Crippen LogP contribution in [0.25, 0.3) is 5.69 Å². The van der Waals surface area contributed by atoms with E-state index in [4.69, 9.17) is 11.6 Å². The molecule has 4 rings (SSSR count). The van der Waals surface area contributed by atoms with E-state index in [1.165, 1.54) is 35.4 Å². The van der Waals surface area contributed by atoms with Gasteiger partial charge < -0.3 is 4.74 Å². The van der Waals surface area contributed by atoms with Gasteiger partial charge in [0.15, 0.2) is 0 Å². The number of aryl methyl sites for hydroxylation is 1. The Morgan fingerprint density at radius 1 is 1.14 bits per heavy atom. The molecule has 0 N–H and O–H groups in total. The van der Waals surface area contributed by atoms with Crippen LogP contribution in [0, 0.1) is 5.92 Å². The Kier molecular flexibility index (Phi) is 8.10. The highest BCUT2D eigenvalue weighted by Gasteiger charge is 2.31. The van der Waals surface area contributed by atoms with Gasteiger partial charge in [0.25, 0.3) is 5.56 Å². The third-order valence-corrected chi connectivity index (χ3v) is 7.29. The molecule has 0 saturated carbocycles.